The van der Waals surface area contributed by atoms with Gasteiger partial charge in [-0.15, -0.1) is 0 Å². The number of sulfonamides is 1. The van der Waals surface area contributed by atoms with E-state index in [4.69, 9.17) is 4.74 Å². The molecule has 0 heterocycles. The van der Waals surface area contributed by atoms with Gasteiger partial charge in [-0.25, -0.2) is 8.42 Å². The van der Waals surface area contributed by atoms with E-state index in [1.165, 1.54) is 17.0 Å². The molecular formula is C18H28N2O4S. The number of nitrogens with one attached hydrogen (secondary N) is 1. The third-order valence-electron chi connectivity index (χ3n) is 4.55. The summed E-state index contributed by atoms with van der Waals surface area (Å²) in [5, 5.41) is 3.03. The molecule has 1 aliphatic carbocycles. The number of carbonyl (C=O) groups is 1. The molecule has 0 aromatic heterocycles. The van der Waals surface area contributed by atoms with Gasteiger partial charge in [-0.1, -0.05) is 31.4 Å². The third-order valence-corrected chi connectivity index (χ3v) is 5.80. The maximum atomic E-state index is 12.1. The van der Waals surface area contributed by atoms with Gasteiger partial charge in [0.15, 0.2) is 0 Å². The maximum Gasteiger partial charge on any atom is 0.221 e. The van der Waals surface area contributed by atoms with Crippen LogP contribution in [0.1, 0.15) is 44.1 Å². The lowest BCUT2D eigenvalue weighted by atomic mass is 9.95. The Balaban J connectivity index is 1.89. The molecule has 2 rings (SSSR count). The van der Waals surface area contributed by atoms with E-state index in [0.29, 0.717) is 0 Å². The van der Waals surface area contributed by atoms with Crippen LogP contribution >= 0.6 is 0 Å². The van der Waals surface area contributed by atoms with Gasteiger partial charge >= 0.3 is 0 Å². The van der Waals surface area contributed by atoms with Crippen LogP contribution < -0.4 is 10.1 Å². The summed E-state index contributed by atoms with van der Waals surface area (Å²) in [6.45, 7) is 0.433. The largest absolute Gasteiger partial charge is 0.497 e. The van der Waals surface area contributed by atoms with Gasteiger partial charge in [0, 0.05) is 25.6 Å². The average Bonchev–Trinajstić information content (AvgIpc) is 2.59. The highest BCUT2D eigenvalue weighted by Gasteiger charge is 2.20. The fourth-order valence-corrected chi connectivity index (χ4v) is 3.88. The smallest absolute Gasteiger partial charge is 0.221 e. The van der Waals surface area contributed by atoms with Gasteiger partial charge in [-0.2, -0.15) is 4.31 Å². The van der Waals surface area contributed by atoms with Gasteiger partial charge in [0.05, 0.1) is 13.4 Å². The number of hydrogen-bond acceptors (Lipinski definition) is 4. The zero-order valence-corrected chi connectivity index (χ0v) is 15.8. The minimum absolute atomic E-state index is 0.0738. The summed E-state index contributed by atoms with van der Waals surface area (Å²) < 4.78 is 30.5. The number of ether oxygens (including phenoxy) is 1. The van der Waals surface area contributed by atoms with E-state index in [1.54, 1.807) is 19.2 Å². The Morgan fingerprint density at radius 2 is 1.84 bits per heavy atom. The first kappa shape index (κ1) is 19.7. The predicted molar refractivity (Wildman–Crippen MR) is 97.9 cm³/mol. The second-order valence-corrected chi connectivity index (χ2v) is 8.58. The molecule has 1 amide bonds. The van der Waals surface area contributed by atoms with E-state index in [1.807, 2.05) is 12.1 Å². The van der Waals surface area contributed by atoms with Crippen molar-refractivity contribution in [3.05, 3.63) is 29.8 Å². The normalized spacial score (nSPS) is 16.0. The van der Waals surface area contributed by atoms with E-state index >= 15 is 0 Å². The van der Waals surface area contributed by atoms with Crippen molar-refractivity contribution < 1.29 is 17.9 Å². The van der Waals surface area contributed by atoms with Gasteiger partial charge in [0.1, 0.15) is 5.75 Å². The summed E-state index contributed by atoms with van der Waals surface area (Å²) in [6.07, 6.45) is 6.93. The predicted octanol–water partition coefficient (Wildman–Crippen LogP) is 2.30. The highest BCUT2D eigenvalue weighted by molar-refractivity contribution is 7.88. The quantitative estimate of drug-likeness (QED) is 0.764. The minimum Gasteiger partial charge on any atom is -0.497 e. The molecule has 1 N–H and O–H groups in total. The second kappa shape index (κ2) is 9.20. The van der Waals surface area contributed by atoms with E-state index in [2.05, 4.69) is 5.32 Å². The molecule has 0 bridgehead atoms. The van der Waals surface area contributed by atoms with Crippen LogP contribution in [0.4, 0.5) is 0 Å². The van der Waals surface area contributed by atoms with Crippen molar-refractivity contribution in [1.29, 1.82) is 0 Å². The number of benzene rings is 1. The molecule has 7 heteroatoms. The number of nitrogens with zero attached hydrogens (tertiary/aromatic N) is 1. The molecule has 0 unspecified atom stereocenters. The molecule has 1 fully saturated rings. The number of methoxy groups -OCH3 is 1. The highest BCUT2D eigenvalue weighted by atomic mass is 32.2. The number of rotatable bonds is 8. The van der Waals surface area contributed by atoms with Crippen LogP contribution in [-0.2, 0) is 21.4 Å². The molecule has 140 valence electrons. The van der Waals surface area contributed by atoms with Gasteiger partial charge in [0.25, 0.3) is 0 Å². The third kappa shape index (κ3) is 6.66. The summed E-state index contributed by atoms with van der Waals surface area (Å²) in [4.78, 5) is 12.1. The van der Waals surface area contributed by atoms with E-state index in [9.17, 15) is 13.2 Å². The van der Waals surface area contributed by atoms with Crippen molar-refractivity contribution in [3.8, 4) is 5.75 Å². The summed E-state index contributed by atoms with van der Waals surface area (Å²) in [6, 6.07) is 7.50. The fourth-order valence-electron chi connectivity index (χ4n) is 3.07. The first-order valence-corrected chi connectivity index (χ1v) is 10.6. The van der Waals surface area contributed by atoms with E-state index in [0.717, 1.165) is 37.0 Å². The van der Waals surface area contributed by atoms with Crippen LogP contribution in [0.25, 0.3) is 0 Å². The zero-order chi connectivity index (χ0) is 18.3. The van der Waals surface area contributed by atoms with Gasteiger partial charge < -0.3 is 10.1 Å². The van der Waals surface area contributed by atoms with Crippen LogP contribution in [0.3, 0.4) is 0 Å². The first-order chi connectivity index (χ1) is 11.9. The molecule has 1 saturated carbocycles. The summed E-state index contributed by atoms with van der Waals surface area (Å²) in [7, 11) is -1.80. The fraction of sp³-hybridized carbons (Fsp3) is 0.611. The van der Waals surface area contributed by atoms with E-state index < -0.39 is 10.0 Å². The van der Waals surface area contributed by atoms with Crippen molar-refractivity contribution >= 4 is 15.9 Å². The minimum atomic E-state index is -3.39. The Kier molecular flexibility index (Phi) is 7.25. The monoisotopic (exact) mass is 368 g/mol. The van der Waals surface area contributed by atoms with Gasteiger partial charge in [-0.3, -0.25) is 4.79 Å². The van der Waals surface area contributed by atoms with Crippen molar-refractivity contribution in [3.63, 3.8) is 0 Å². The first-order valence-electron chi connectivity index (χ1n) is 8.76. The highest BCUT2D eigenvalue weighted by Crippen LogP contribution is 2.18. The van der Waals surface area contributed by atoms with Gasteiger partial charge in [-0.05, 0) is 30.5 Å². The molecule has 1 aromatic carbocycles. The molecular weight excluding hydrogens is 340 g/mol. The maximum absolute atomic E-state index is 12.1. The lowest BCUT2D eigenvalue weighted by Gasteiger charge is -2.24. The Bertz CT molecular complexity index is 652. The Labute approximate surface area is 150 Å². The standard InChI is InChI=1S/C18H28N2O4S/c1-24-17-10-8-15(9-11-17)14-20(25(2,22)23)13-12-18(21)19-16-6-4-3-5-7-16/h8-11,16H,3-7,12-14H2,1-2H3,(H,19,21). The summed E-state index contributed by atoms with van der Waals surface area (Å²) >= 11 is 0. The SMILES string of the molecule is COc1ccc(CN(CCC(=O)NC2CCCCC2)S(C)(=O)=O)cc1. The molecule has 0 atom stereocenters. The Morgan fingerprint density at radius 3 is 2.40 bits per heavy atom. The van der Waals surface area contributed by atoms with Crippen LogP contribution in [0.5, 0.6) is 5.75 Å². The molecule has 0 radical (unpaired) electrons. The van der Waals surface area contributed by atoms with Crippen LogP contribution in [0, 0.1) is 0 Å². The number of carbonyl (C=O) groups excluding carboxylic acids is 1. The topological polar surface area (TPSA) is 75.7 Å². The van der Waals surface area contributed by atoms with Gasteiger partial charge in [0.2, 0.25) is 15.9 Å². The van der Waals surface area contributed by atoms with Crippen LogP contribution in [0.15, 0.2) is 24.3 Å². The lowest BCUT2D eigenvalue weighted by molar-refractivity contribution is -0.122. The molecule has 0 spiro atoms. The molecule has 1 aromatic rings. The molecule has 25 heavy (non-hydrogen) atoms. The molecule has 0 aliphatic heterocycles. The molecule has 1 aliphatic rings. The average molecular weight is 368 g/mol. The summed E-state index contributed by atoms with van der Waals surface area (Å²) in [5.41, 5.74) is 0.860. The second-order valence-electron chi connectivity index (χ2n) is 6.60. The van der Waals surface area contributed by atoms with Crippen molar-refractivity contribution in [1.82, 2.24) is 9.62 Å². The number of amides is 1. The van der Waals surface area contributed by atoms with Crippen LogP contribution in [-0.4, -0.2) is 44.6 Å². The zero-order valence-electron chi connectivity index (χ0n) is 15.0. The number of hydrogen-bond donors (Lipinski definition) is 1. The Hall–Kier alpha value is -1.60. The molecule has 0 saturated heterocycles. The van der Waals surface area contributed by atoms with Crippen LogP contribution in [0.2, 0.25) is 0 Å². The Morgan fingerprint density at radius 1 is 1.20 bits per heavy atom. The lowest BCUT2D eigenvalue weighted by Crippen LogP contribution is -2.39. The van der Waals surface area contributed by atoms with Crippen molar-refractivity contribution in [2.45, 2.75) is 51.1 Å². The summed E-state index contributed by atoms with van der Waals surface area (Å²) in [5.74, 6) is 0.650. The molecule has 6 nitrogen and oxygen atoms in total. The van der Waals surface area contributed by atoms with Crippen molar-refractivity contribution in [2.24, 2.45) is 0 Å². The van der Waals surface area contributed by atoms with Crippen molar-refractivity contribution in [2.75, 3.05) is 19.9 Å². The van der Waals surface area contributed by atoms with E-state index in [-0.39, 0.29) is 31.5 Å².